The molecule has 30 heavy (non-hydrogen) atoms. The number of ether oxygens (including phenoxy) is 1. The molecule has 3 aromatic carbocycles. The number of thioether (sulfide) groups is 1. The summed E-state index contributed by atoms with van der Waals surface area (Å²) in [4.78, 5) is 17.1. The van der Waals surface area contributed by atoms with Gasteiger partial charge in [-0.15, -0.1) is 11.8 Å². The second-order valence-electron chi connectivity index (χ2n) is 6.71. The van der Waals surface area contributed by atoms with E-state index in [0.717, 1.165) is 32.7 Å². The van der Waals surface area contributed by atoms with E-state index in [0.29, 0.717) is 12.1 Å². The van der Waals surface area contributed by atoms with Crippen molar-refractivity contribution in [1.29, 1.82) is 0 Å². The zero-order valence-corrected chi connectivity index (χ0v) is 18.8. The average molecular weight is 481 g/mol. The third-order valence-electron chi connectivity index (χ3n) is 4.78. The van der Waals surface area contributed by atoms with Gasteiger partial charge >= 0.3 is 0 Å². The van der Waals surface area contributed by atoms with Crippen LogP contribution in [-0.4, -0.2) is 30.3 Å². The number of para-hydroxylation sites is 1. The number of nitrogens with one attached hydrogen (secondary N) is 2. The molecule has 0 bridgehead atoms. The summed E-state index contributed by atoms with van der Waals surface area (Å²) in [5.41, 5.74) is 3.95. The first-order chi connectivity index (χ1) is 14.7. The number of hydrogen-bond donors (Lipinski definition) is 2. The molecule has 0 radical (unpaired) electrons. The first kappa shape index (κ1) is 20.6. The number of amides is 1. The predicted molar refractivity (Wildman–Crippen MR) is 127 cm³/mol. The van der Waals surface area contributed by atoms with E-state index in [9.17, 15) is 4.79 Å². The summed E-state index contributed by atoms with van der Waals surface area (Å²) in [7, 11) is 1.67. The summed E-state index contributed by atoms with van der Waals surface area (Å²) >= 11 is 5.13. The first-order valence-corrected chi connectivity index (χ1v) is 11.4. The highest BCUT2D eigenvalue weighted by Crippen LogP contribution is 2.38. The molecule has 1 heterocycles. The molecule has 0 aliphatic heterocycles. The second-order valence-corrected chi connectivity index (χ2v) is 8.74. The van der Waals surface area contributed by atoms with Gasteiger partial charge in [0.1, 0.15) is 5.75 Å². The predicted octanol–water partition coefficient (Wildman–Crippen LogP) is 6.13. The molecule has 0 saturated heterocycles. The summed E-state index contributed by atoms with van der Waals surface area (Å²) in [6.45, 7) is 0.584. The Morgan fingerprint density at radius 3 is 2.50 bits per heavy atom. The standard InChI is InChI=1S/C24H21BrN2O2S/c1-29-19-12-8-16(9-13-19)22-23(20-4-2-3-5-21(20)27-22)30-15-14-26-24(28)17-6-10-18(25)11-7-17/h2-13,27H,14-15H2,1H3,(H,26,28). The SMILES string of the molecule is COc1ccc(-c2[nH]c3ccccc3c2SCCNC(=O)c2ccc(Br)cc2)cc1. The van der Waals surface area contributed by atoms with Crippen LogP contribution < -0.4 is 10.1 Å². The van der Waals surface area contributed by atoms with Crippen LogP contribution >= 0.6 is 27.7 Å². The van der Waals surface area contributed by atoms with Gasteiger partial charge in [-0.25, -0.2) is 0 Å². The average Bonchev–Trinajstić information content (AvgIpc) is 3.15. The molecule has 1 aromatic heterocycles. The molecular formula is C24H21BrN2O2S. The first-order valence-electron chi connectivity index (χ1n) is 9.57. The fraction of sp³-hybridized carbons (Fsp3) is 0.125. The number of carbonyl (C=O) groups is 1. The van der Waals surface area contributed by atoms with Crippen LogP contribution in [0.2, 0.25) is 0 Å². The van der Waals surface area contributed by atoms with Crippen molar-refractivity contribution < 1.29 is 9.53 Å². The Morgan fingerprint density at radius 2 is 1.77 bits per heavy atom. The van der Waals surface area contributed by atoms with Gasteiger partial charge < -0.3 is 15.0 Å². The van der Waals surface area contributed by atoms with Gasteiger partial charge in [0.05, 0.1) is 12.8 Å². The number of hydrogen-bond acceptors (Lipinski definition) is 3. The van der Waals surface area contributed by atoms with Crippen LogP contribution in [0.15, 0.2) is 82.2 Å². The molecular weight excluding hydrogens is 460 g/mol. The van der Waals surface area contributed by atoms with Gasteiger partial charge in [-0.2, -0.15) is 0 Å². The van der Waals surface area contributed by atoms with Gasteiger partial charge in [-0.3, -0.25) is 4.79 Å². The molecule has 1 amide bonds. The number of fused-ring (bicyclic) bond motifs is 1. The van der Waals surface area contributed by atoms with Crippen LogP contribution in [0.1, 0.15) is 10.4 Å². The number of H-pyrrole nitrogens is 1. The smallest absolute Gasteiger partial charge is 0.251 e. The normalized spacial score (nSPS) is 10.9. The Kier molecular flexibility index (Phi) is 6.45. The van der Waals surface area contributed by atoms with Crippen molar-refractivity contribution in [2.45, 2.75) is 4.90 Å². The summed E-state index contributed by atoms with van der Waals surface area (Å²) in [6, 6.07) is 23.7. The van der Waals surface area contributed by atoms with Crippen molar-refractivity contribution in [3.63, 3.8) is 0 Å². The fourth-order valence-electron chi connectivity index (χ4n) is 3.25. The van der Waals surface area contributed by atoms with Gasteiger partial charge in [0.2, 0.25) is 0 Å². The minimum absolute atomic E-state index is 0.0580. The van der Waals surface area contributed by atoms with Crippen LogP contribution in [0, 0.1) is 0 Å². The van der Waals surface area contributed by atoms with E-state index in [-0.39, 0.29) is 5.91 Å². The molecule has 0 spiro atoms. The van der Waals surface area contributed by atoms with Crippen molar-refractivity contribution >= 4 is 44.5 Å². The van der Waals surface area contributed by atoms with Gasteiger partial charge in [0.15, 0.2) is 0 Å². The molecule has 6 heteroatoms. The number of aromatic nitrogens is 1. The number of aromatic amines is 1. The van der Waals surface area contributed by atoms with Crippen molar-refractivity contribution in [2.75, 3.05) is 19.4 Å². The van der Waals surface area contributed by atoms with Crippen molar-refractivity contribution in [3.05, 3.63) is 82.8 Å². The zero-order valence-electron chi connectivity index (χ0n) is 16.4. The number of halogens is 1. The molecule has 0 aliphatic rings. The van der Waals surface area contributed by atoms with Crippen LogP contribution in [0.4, 0.5) is 0 Å². The van der Waals surface area contributed by atoms with Gasteiger partial charge in [0.25, 0.3) is 5.91 Å². The fourth-order valence-corrected chi connectivity index (χ4v) is 4.57. The molecule has 0 unspecified atom stereocenters. The Morgan fingerprint density at radius 1 is 1.03 bits per heavy atom. The van der Waals surface area contributed by atoms with Crippen LogP contribution in [0.3, 0.4) is 0 Å². The lowest BCUT2D eigenvalue weighted by Gasteiger charge is -2.08. The molecule has 4 rings (SSSR count). The molecule has 4 aromatic rings. The van der Waals surface area contributed by atoms with E-state index in [4.69, 9.17) is 4.74 Å². The number of carbonyl (C=O) groups excluding carboxylic acids is 1. The number of methoxy groups -OCH3 is 1. The third-order valence-corrected chi connectivity index (χ3v) is 6.43. The van der Waals surface area contributed by atoms with Crippen LogP contribution in [-0.2, 0) is 0 Å². The molecule has 0 aliphatic carbocycles. The van der Waals surface area contributed by atoms with Crippen molar-refractivity contribution in [3.8, 4) is 17.0 Å². The highest BCUT2D eigenvalue weighted by atomic mass is 79.9. The molecule has 4 nitrogen and oxygen atoms in total. The van der Waals surface area contributed by atoms with E-state index >= 15 is 0 Å². The Hall–Kier alpha value is -2.70. The van der Waals surface area contributed by atoms with Gasteiger partial charge in [0, 0.05) is 38.1 Å². The third kappa shape index (κ3) is 4.55. The minimum atomic E-state index is -0.0580. The highest BCUT2D eigenvalue weighted by Gasteiger charge is 2.14. The quantitative estimate of drug-likeness (QED) is 0.247. The summed E-state index contributed by atoms with van der Waals surface area (Å²) < 4.78 is 6.24. The molecule has 2 N–H and O–H groups in total. The molecule has 0 atom stereocenters. The van der Waals surface area contributed by atoms with Crippen LogP contribution in [0.5, 0.6) is 5.75 Å². The van der Waals surface area contributed by atoms with E-state index in [1.807, 2.05) is 48.5 Å². The van der Waals surface area contributed by atoms with E-state index < -0.39 is 0 Å². The zero-order chi connectivity index (χ0) is 20.9. The topological polar surface area (TPSA) is 54.1 Å². The molecule has 152 valence electrons. The lowest BCUT2D eigenvalue weighted by Crippen LogP contribution is -2.25. The Labute approximate surface area is 188 Å². The van der Waals surface area contributed by atoms with Crippen molar-refractivity contribution in [2.24, 2.45) is 0 Å². The monoisotopic (exact) mass is 480 g/mol. The van der Waals surface area contributed by atoms with Crippen molar-refractivity contribution in [1.82, 2.24) is 10.3 Å². The second kappa shape index (κ2) is 9.41. The lowest BCUT2D eigenvalue weighted by molar-refractivity contribution is 0.0956. The maximum absolute atomic E-state index is 12.3. The lowest BCUT2D eigenvalue weighted by atomic mass is 10.1. The van der Waals surface area contributed by atoms with E-state index in [1.54, 1.807) is 18.9 Å². The highest BCUT2D eigenvalue weighted by molar-refractivity contribution is 9.10. The molecule has 0 saturated carbocycles. The number of benzene rings is 3. The minimum Gasteiger partial charge on any atom is -0.497 e. The summed E-state index contributed by atoms with van der Waals surface area (Å²) in [5.74, 6) is 1.55. The largest absolute Gasteiger partial charge is 0.497 e. The molecule has 0 fully saturated rings. The Bertz CT molecular complexity index is 1150. The van der Waals surface area contributed by atoms with Gasteiger partial charge in [-0.05, 0) is 60.2 Å². The summed E-state index contributed by atoms with van der Waals surface area (Å²) in [5, 5.41) is 4.19. The number of rotatable bonds is 7. The van der Waals surface area contributed by atoms with Crippen LogP contribution in [0.25, 0.3) is 22.2 Å². The Balaban J connectivity index is 1.49. The summed E-state index contributed by atoms with van der Waals surface area (Å²) in [6.07, 6.45) is 0. The van der Waals surface area contributed by atoms with Gasteiger partial charge in [-0.1, -0.05) is 34.1 Å². The maximum Gasteiger partial charge on any atom is 0.251 e. The van der Waals surface area contributed by atoms with E-state index in [2.05, 4.69) is 50.5 Å². The maximum atomic E-state index is 12.3. The van der Waals surface area contributed by atoms with E-state index in [1.165, 1.54) is 10.3 Å².